The van der Waals surface area contributed by atoms with E-state index in [9.17, 15) is 14.7 Å². The zero-order valence-corrected chi connectivity index (χ0v) is 10.3. The number of cyclic esters (lactones) is 1. The normalized spacial score (nSPS) is 21.9. The summed E-state index contributed by atoms with van der Waals surface area (Å²) >= 11 is 0. The third kappa shape index (κ3) is 2.16. The van der Waals surface area contributed by atoms with Crippen LogP contribution in [0.4, 0.5) is 4.79 Å². The van der Waals surface area contributed by atoms with Crippen LogP contribution >= 0.6 is 0 Å². The molecule has 18 heavy (non-hydrogen) atoms. The van der Waals surface area contributed by atoms with Crippen LogP contribution in [0.5, 0.6) is 0 Å². The summed E-state index contributed by atoms with van der Waals surface area (Å²) in [5, 5.41) is 11.9. The number of benzene rings is 1. The van der Waals surface area contributed by atoms with Crippen molar-refractivity contribution in [3.8, 4) is 0 Å². The second kappa shape index (κ2) is 4.33. The number of nitrogens with one attached hydrogen (secondary N) is 1. The molecule has 1 amide bonds. The minimum absolute atomic E-state index is 0.206. The summed E-state index contributed by atoms with van der Waals surface area (Å²) in [6.45, 7) is 4.11. The topological polar surface area (TPSA) is 75.6 Å². The number of carboxylic acids is 1. The zero-order valence-electron chi connectivity index (χ0n) is 10.3. The van der Waals surface area contributed by atoms with Crippen LogP contribution in [0.2, 0.25) is 0 Å². The number of alkyl carbamates (subject to hydrolysis) is 1. The van der Waals surface area contributed by atoms with Gasteiger partial charge in [-0.3, -0.25) is 0 Å². The Kier molecular flexibility index (Phi) is 2.98. The van der Waals surface area contributed by atoms with Crippen molar-refractivity contribution in [2.24, 2.45) is 5.41 Å². The molecule has 1 fully saturated rings. The number of rotatable bonds is 2. The molecule has 1 aromatic rings. The maximum atomic E-state index is 11.3. The molecule has 0 saturated carbocycles. The summed E-state index contributed by atoms with van der Waals surface area (Å²) in [6, 6.07) is 6.32. The van der Waals surface area contributed by atoms with Gasteiger partial charge in [-0.05, 0) is 11.6 Å². The molecule has 2 rings (SSSR count). The van der Waals surface area contributed by atoms with E-state index in [1.54, 1.807) is 18.2 Å². The Hall–Kier alpha value is -2.04. The lowest BCUT2D eigenvalue weighted by Crippen LogP contribution is -2.47. The van der Waals surface area contributed by atoms with Gasteiger partial charge in [0.25, 0.3) is 0 Å². The molecule has 0 spiro atoms. The average Bonchev–Trinajstić information content (AvgIpc) is 2.32. The molecular formula is C13H15NO4. The molecule has 1 aliphatic rings. The van der Waals surface area contributed by atoms with Crippen LogP contribution in [0.15, 0.2) is 24.3 Å². The van der Waals surface area contributed by atoms with Crippen molar-refractivity contribution < 1.29 is 19.4 Å². The Labute approximate surface area is 105 Å². The smallest absolute Gasteiger partial charge is 0.407 e. The van der Waals surface area contributed by atoms with Crippen LogP contribution in [0.3, 0.4) is 0 Å². The van der Waals surface area contributed by atoms with E-state index < -0.39 is 12.1 Å². The van der Waals surface area contributed by atoms with Crippen molar-refractivity contribution in [3.63, 3.8) is 0 Å². The van der Waals surface area contributed by atoms with Crippen molar-refractivity contribution in [3.05, 3.63) is 35.4 Å². The summed E-state index contributed by atoms with van der Waals surface area (Å²) < 4.78 is 4.95. The Bertz CT molecular complexity index is 496. The van der Waals surface area contributed by atoms with Crippen molar-refractivity contribution >= 4 is 12.1 Å². The molecule has 1 heterocycles. The summed E-state index contributed by atoms with van der Waals surface area (Å²) in [4.78, 5) is 22.5. The number of carbonyl (C=O) groups excluding carboxylic acids is 1. The van der Waals surface area contributed by atoms with E-state index in [0.29, 0.717) is 5.56 Å². The quantitative estimate of drug-likeness (QED) is 0.842. The summed E-state index contributed by atoms with van der Waals surface area (Å²) in [7, 11) is 0. The van der Waals surface area contributed by atoms with Gasteiger partial charge in [-0.15, -0.1) is 0 Å². The number of carboxylic acid groups (broad SMARTS) is 1. The van der Waals surface area contributed by atoms with Gasteiger partial charge in [0.05, 0.1) is 11.6 Å². The number of hydrogen-bond donors (Lipinski definition) is 2. The van der Waals surface area contributed by atoms with Crippen LogP contribution in [-0.2, 0) is 4.74 Å². The minimum Gasteiger partial charge on any atom is -0.478 e. The summed E-state index contributed by atoms with van der Waals surface area (Å²) in [5.74, 6) is -0.998. The second-order valence-electron chi connectivity index (χ2n) is 5.03. The lowest BCUT2D eigenvalue weighted by molar-refractivity contribution is 0.0378. The Morgan fingerprint density at radius 3 is 2.78 bits per heavy atom. The third-order valence-corrected chi connectivity index (χ3v) is 3.12. The highest BCUT2D eigenvalue weighted by molar-refractivity contribution is 5.89. The first kappa shape index (κ1) is 12.4. The van der Waals surface area contributed by atoms with Crippen LogP contribution in [0.25, 0.3) is 0 Å². The molecule has 0 aliphatic carbocycles. The summed E-state index contributed by atoms with van der Waals surface area (Å²) in [6.07, 6.45) is -0.514. The van der Waals surface area contributed by atoms with Gasteiger partial charge in [-0.25, -0.2) is 9.59 Å². The molecule has 1 atom stereocenters. The fourth-order valence-electron chi connectivity index (χ4n) is 2.13. The van der Waals surface area contributed by atoms with Gasteiger partial charge in [-0.1, -0.05) is 32.0 Å². The van der Waals surface area contributed by atoms with Crippen molar-refractivity contribution in [2.75, 3.05) is 6.61 Å². The molecule has 5 nitrogen and oxygen atoms in total. The maximum Gasteiger partial charge on any atom is 0.407 e. The van der Waals surface area contributed by atoms with Gasteiger partial charge in [-0.2, -0.15) is 0 Å². The lowest BCUT2D eigenvalue weighted by Gasteiger charge is -2.39. The van der Waals surface area contributed by atoms with E-state index in [2.05, 4.69) is 5.32 Å². The van der Waals surface area contributed by atoms with Crippen molar-refractivity contribution in [2.45, 2.75) is 19.9 Å². The molecule has 96 valence electrons. The largest absolute Gasteiger partial charge is 0.478 e. The maximum absolute atomic E-state index is 11.3. The van der Waals surface area contributed by atoms with Gasteiger partial charge in [0.2, 0.25) is 0 Å². The molecule has 1 aromatic carbocycles. The molecule has 0 bridgehead atoms. The van der Waals surface area contributed by atoms with E-state index in [1.165, 1.54) is 6.07 Å². The second-order valence-corrected chi connectivity index (χ2v) is 5.03. The molecule has 0 radical (unpaired) electrons. The van der Waals surface area contributed by atoms with Crippen LogP contribution in [0.1, 0.15) is 35.8 Å². The third-order valence-electron chi connectivity index (χ3n) is 3.12. The zero-order chi connectivity index (χ0) is 13.3. The first-order chi connectivity index (χ1) is 8.42. The molecular weight excluding hydrogens is 234 g/mol. The molecule has 5 heteroatoms. The molecule has 1 saturated heterocycles. The fraction of sp³-hybridized carbons (Fsp3) is 0.385. The average molecular weight is 249 g/mol. The van der Waals surface area contributed by atoms with Crippen LogP contribution in [-0.4, -0.2) is 23.8 Å². The highest BCUT2D eigenvalue weighted by Crippen LogP contribution is 2.37. The number of aromatic carboxylic acids is 1. The predicted molar refractivity (Wildman–Crippen MR) is 64.4 cm³/mol. The van der Waals surface area contributed by atoms with Gasteiger partial charge < -0.3 is 15.2 Å². The van der Waals surface area contributed by atoms with Crippen LogP contribution in [0, 0.1) is 5.41 Å². The van der Waals surface area contributed by atoms with E-state index in [1.807, 2.05) is 13.8 Å². The SMILES string of the molecule is CC1(C)COC(=O)N[C@@H]1c1ccccc1C(=O)O. The molecule has 0 aromatic heterocycles. The molecule has 1 aliphatic heterocycles. The van der Waals surface area contributed by atoms with Crippen molar-refractivity contribution in [1.29, 1.82) is 0 Å². The monoisotopic (exact) mass is 249 g/mol. The highest BCUT2D eigenvalue weighted by Gasteiger charge is 2.39. The lowest BCUT2D eigenvalue weighted by atomic mass is 9.79. The van der Waals surface area contributed by atoms with Gasteiger partial charge in [0.1, 0.15) is 6.61 Å². The fourth-order valence-corrected chi connectivity index (χ4v) is 2.13. The van der Waals surface area contributed by atoms with E-state index in [4.69, 9.17) is 4.74 Å². The number of carbonyl (C=O) groups is 2. The van der Waals surface area contributed by atoms with E-state index >= 15 is 0 Å². The van der Waals surface area contributed by atoms with E-state index in [-0.39, 0.29) is 23.6 Å². The van der Waals surface area contributed by atoms with E-state index in [0.717, 1.165) is 0 Å². The standard InChI is InChI=1S/C13H15NO4/c1-13(2)7-18-12(17)14-10(13)8-5-3-4-6-9(8)11(15)16/h3-6,10H,7H2,1-2H3,(H,14,17)(H,15,16)/t10-/m1/s1. The molecule has 0 unspecified atom stereocenters. The Morgan fingerprint density at radius 1 is 1.44 bits per heavy atom. The number of ether oxygens (including phenoxy) is 1. The number of amides is 1. The van der Waals surface area contributed by atoms with Crippen LogP contribution < -0.4 is 5.32 Å². The minimum atomic E-state index is -0.998. The van der Waals surface area contributed by atoms with Gasteiger partial charge >= 0.3 is 12.1 Å². The Balaban J connectivity index is 2.46. The highest BCUT2D eigenvalue weighted by atomic mass is 16.6. The van der Waals surface area contributed by atoms with Gasteiger partial charge in [0.15, 0.2) is 0 Å². The predicted octanol–water partition coefficient (Wildman–Crippen LogP) is 2.19. The Morgan fingerprint density at radius 2 is 2.11 bits per heavy atom. The van der Waals surface area contributed by atoms with Gasteiger partial charge in [0, 0.05) is 5.41 Å². The first-order valence-electron chi connectivity index (χ1n) is 5.67. The first-order valence-corrected chi connectivity index (χ1v) is 5.67. The molecule has 2 N–H and O–H groups in total. The van der Waals surface area contributed by atoms with Crippen molar-refractivity contribution in [1.82, 2.24) is 5.32 Å². The number of hydrogen-bond acceptors (Lipinski definition) is 3. The summed E-state index contributed by atoms with van der Waals surface area (Å²) in [5.41, 5.74) is 0.448.